The van der Waals surface area contributed by atoms with Gasteiger partial charge in [0.25, 0.3) is 5.91 Å². The van der Waals surface area contributed by atoms with Crippen LogP contribution in [-0.4, -0.2) is 25.2 Å². The summed E-state index contributed by atoms with van der Waals surface area (Å²) in [5.41, 5.74) is 2.31. The number of nitrogens with one attached hydrogen (secondary N) is 1. The standard InChI is InChI=1S/C17H19NO2S/c1-12-10-15(17(19)18-11-14-8-5-9-20-14)21-16(12)13-6-3-2-4-7-13/h2-4,6-7,10,14H,5,8-9,11H2,1H3,(H,18,19)/t14-/m1/s1. The highest BCUT2D eigenvalue weighted by molar-refractivity contribution is 7.17. The van der Waals surface area contributed by atoms with Crippen molar-refractivity contribution in [2.45, 2.75) is 25.9 Å². The summed E-state index contributed by atoms with van der Waals surface area (Å²) in [4.78, 5) is 14.2. The van der Waals surface area contributed by atoms with Gasteiger partial charge >= 0.3 is 0 Å². The second-order valence-corrected chi connectivity index (χ2v) is 6.39. The number of benzene rings is 1. The third-order valence-electron chi connectivity index (χ3n) is 3.69. The van der Waals surface area contributed by atoms with Crippen molar-refractivity contribution in [3.8, 4) is 10.4 Å². The van der Waals surface area contributed by atoms with Crippen LogP contribution in [0.3, 0.4) is 0 Å². The Labute approximate surface area is 129 Å². The lowest BCUT2D eigenvalue weighted by molar-refractivity contribution is 0.0861. The monoisotopic (exact) mass is 301 g/mol. The second kappa shape index (κ2) is 6.41. The number of hydrogen-bond donors (Lipinski definition) is 1. The molecule has 2 heterocycles. The van der Waals surface area contributed by atoms with E-state index in [0.29, 0.717) is 6.54 Å². The Morgan fingerprint density at radius 3 is 2.90 bits per heavy atom. The number of rotatable bonds is 4. The van der Waals surface area contributed by atoms with Gasteiger partial charge in [0.05, 0.1) is 11.0 Å². The van der Waals surface area contributed by atoms with E-state index in [2.05, 4.69) is 24.4 Å². The lowest BCUT2D eigenvalue weighted by atomic mass is 10.1. The summed E-state index contributed by atoms with van der Waals surface area (Å²) in [7, 11) is 0. The van der Waals surface area contributed by atoms with Crippen LogP contribution < -0.4 is 5.32 Å². The van der Waals surface area contributed by atoms with Gasteiger partial charge in [0.1, 0.15) is 0 Å². The molecule has 3 nitrogen and oxygen atoms in total. The third kappa shape index (κ3) is 3.34. The molecule has 4 heteroatoms. The highest BCUT2D eigenvalue weighted by Crippen LogP contribution is 2.32. The SMILES string of the molecule is Cc1cc(C(=O)NC[C@H]2CCCO2)sc1-c1ccccc1. The van der Waals surface area contributed by atoms with E-state index in [4.69, 9.17) is 4.74 Å². The highest BCUT2D eigenvalue weighted by Gasteiger charge is 2.18. The number of thiophene rings is 1. The summed E-state index contributed by atoms with van der Waals surface area (Å²) in [6.07, 6.45) is 2.32. The van der Waals surface area contributed by atoms with Crippen LogP contribution in [0, 0.1) is 6.92 Å². The van der Waals surface area contributed by atoms with Gasteiger partial charge in [0, 0.05) is 18.0 Å². The van der Waals surface area contributed by atoms with E-state index >= 15 is 0 Å². The van der Waals surface area contributed by atoms with Crippen LogP contribution >= 0.6 is 11.3 Å². The molecule has 1 aliphatic heterocycles. The van der Waals surface area contributed by atoms with Crippen LogP contribution in [0.4, 0.5) is 0 Å². The molecule has 0 unspecified atom stereocenters. The summed E-state index contributed by atoms with van der Waals surface area (Å²) in [6, 6.07) is 12.2. The van der Waals surface area contributed by atoms with Crippen LogP contribution in [0.25, 0.3) is 10.4 Å². The van der Waals surface area contributed by atoms with E-state index in [-0.39, 0.29) is 12.0 Å². The van der Waals surface area contributed by atoms with Crippen molar-refractivity contribution in [3.05, 3.63) is 46.8 Å². The van der Waals surface area contributed by atoms with Crippen molar-refractivity contribution in [2.75, 3.05) is 13.2 Å². The Morgan fingerprint density at radius 2 is 2.19 bits per heavy atom. The molecular weight excluding hydrogens is 282 g/mol. The topological polar surface area (TPSA) is 38.3 Å². The van der Waals surface area contributed by atoms with Gasteiger partial charge in [-0.2, -0.15) is 0 Å². The normalized spacial score (nSPS) is 17.9. The second-order valence-electron chi connectivity index (χ2n) is 5.33. The smallest absolute Gasteiger partial charge is 0.261 e. The Hall–Kier alpha value is -1.65. The molecular formula is C17H19NO2S. The molecule has 1 fully saturated rings. The first kappa shape index (κ1) is 14.3. The number of amides is 1. The predicted octanol–water partition coefficient (Wildman–Crippen LogP) is 3.63. The molecule has 1 amide bonds. The van der Waals surface area contributed by atoms with Crippen LogP contribution in [0.15, 0.2) is 36.4 Å². The first-order valence-electron chi connectivity index (χ1n) is 7.29. The molecule has 0 spiro atoms. The molecule has 1 atom stereocenters. The van der Waals surface area contributed by atoms with Gasteiger partial charge in [-0.3, -0.25) is 4.79 Å². The molecule has 3 rings (SSSR count). The molecule has 110 valence electrons. The predicted molar refractivity (Wildman–Crippen MR) is 85.8 cm³/mol. The number of carbonyl (C=O) groups excluding carboxylic acids is 1. The average Bonchev–Trinajstić information content (AvgIpc) is 3.15. The average molecular weight is 301 g/mol. The largest absolute Gasteiger partial charge is 0.376 e. The zero-order valence-electron chi connectivity index (χ0n) is 12.1. The van der Waals surface area contributed by atoms with Crippen LogP contribution in [0.1, 0.15) is 28.1 Å². The number of aryl methyl sites for hydroxylation is 1. The van der Waals surface area contributed by atoms with Crippen molar-refractivity contribution in [1.82, 2.24) is 5.32 Å². The number of carbonyl (C=O) groups is 1. The van der Waals surface area contributed by atoms with Crippen LogP contribution in [0.5, 0.6) is 0 Å². The van der Waals surface area contributed by atoms with Crippen molar-refractivity contribution < 1.29 is 9.53 Å². The molecule has 21 heavy (non-hydrogen) atoms. The first-order valence-corrected chi connectivity index (χ1v) is 8.11. The fourth-order valence-electron chi connectivity index (χ4n) is 2.57. The van der Waals surface area contributed by atoms with E-state index in [1.165, 1.54) is 0 Å². The quantitative estimate of drug-likeness (QED) is 0.936. The Balaban J connectivity index is 1.69. The number of ether oxygens (including phenoxy) is 1. The van der Waals surface area contributed by atoms with Crippen LogP contribution in [0.2, 0.25) is 0 Å². The van der Waals surface area contributed by atoms with Gasteiger partial charge in [0.2, 0.25) is 0 Å². The van der Waals surface area contributed by atoms with Crippen molar-refractivity contribution in [2.24, 2.45) is 0 Å². The minimum atomic E-state index is 0.000723. The van der Waals surface area contributed by atoms with Gasteiger partial charge in [-0.1, -0.05) is 30.3 Å². The van der Waals surface area contributed by atoms with Crippen molar-refractivity contribution in [3.63, 3.8) is 0 Å². The minimum Gasteiger partial charge on any atom is -0.376 e. The van der Waals surface area contributed by atoms with Crippen molar-refractivity contribution in [1.29, 1.82) is 0 Å². The maximum Gasteiger partial charge on any atom is 0.261 e. The molecule has 1 N–H and O–H groups in total. The van der Waals surface area contributed by atoms with Gasteiger partial charge in [0.15, 0.2) is 0 Å². The lowest BCUT2D eigenvalue weighted by Crippen LogP contribution is -2.31. The maximum absolute atomic E-state index is 12.2. The van der Waals surface area contributed by atoms with Gasteiger partial charge in [-0.25, -0.2) is 0 Å². The fraction of sp³-hybridized carbons (Fsp3) is 0.353. The molecule has 1 saturated heterocycles. The first-order chi connectivity index (χ1) is 10.2. The van der Waals surface area contributed by atoms with Crippen LogP contribution in [-0.2, 0) is 4.74 Å². The van der Waals surface area contributed by atoms with Gasteiger partial charge < -0.3 is 10.1 Å². The molecule has 0 aliphatic carbocycles. The molecule has 0 radical (unpaired) electrons. The Bertz CT molecular complexity index is 615. The minimum absolute atomic E-state index is 0.000723. The summed E-state index contributed by atoms with van der Waals surface area (Å²) in [6.45, 7) is 3.48. The van der Waals surface area contributed by atoms with Gasteiger partial charge in [-0.05, 0) is 37.0 Å². The Morgan fingerprint density at radius 1 is 1.38 bits per heavy atom. The molecule has 1 aromatic carbocycles. The Kier molecular flexibility index (Phi) is 4.36. The van der Waals surface area contributed by atoms with E-state index in [0.717, 1.165) is 40.3 Å². The molecule has 1 aromatic heterocycles. The summed E-state index contributed by atoms with van der Waals surface area (Å²) in [5, 5.41) is 2.98. The van der Waals surface area contributed by atoms with E-state index in [9.17, 15) is 4.79 Å². The van der Waals surface area contributed by atoms with E-state index in [1.807, 2.05) is 24.3 Å². The maximum atomic E-state index is 12.2. The van der Waals surface area contributed by atoms with E-state index in [1.54, 1.807) is 11.3 Å². The van der Waals surface area contributed by atoms with Crippen molar-refractivity contribution >= 4 is 17.2 Å². The fourth-order valence-corrected chi connectivity index (χ4v) is 3.66. The zero-order chi connectivity index (χ0) is 14.7. The molecule has 2 aromatic rings. The van der Waals surface area contributed by atoms with Gasteiger partial charge in [-0.15, -0.1) is 11.3 Å². The highest BCUT2D eigenvalue weighted by atomic mass is 32.1. The summed E-state index contributed by atoms with van der Waals surface area (Å²) < 4.78 is 5.53. The number of hydrogen-bond acceptors (Lipinski definition) is 3. The third-order valence-corrected chi connectivity index (χ3v) is 4.98. The summed E-state index contributed by atoms with van der Waals surface area (Å²) in [5.74, 6) is 0.000723. The van der Waals surface area contributed by atoms with E-state index < -0.39 is 0 Å². The molecule has 0 saturated carbocycles. The zero-order valence-corrected chi connectivity index (χ0v) is 12.9. The lowest BCUT2D eigenvalue weighted by Gasteiger charge is -2.09. The molecule has 1 aliphatic rings. The summed E-state index contributed by atoms with van der Waals surface area (Å²) >= 11 is 1.55. The molecule has 0 bridgehead atoms.